The molecule has 392 valence electrons. The van der Waals surface area contributed by atoms with E-state index in [1.54, 1.807) is 6.08 Å². The highest BCUT2D eigenvalue weighted by Crippen LogP contribution is 2.30. The number of carbonyl (C=O) groups is 1. The summed E-state index contributed by atoms with van der Waals surface area (Å²) in [7, 11) is 0. The van der Waals surface area contributed by atoms with E-state index in [2.05, 4.69) is 43.5 Å². The maximum absolute atomic E-state index is 13.2. The van der Waals surface area contributed by atoms with E-state index in [9.17, 15) is 45.6 Å². The van der Waals surface area contributed by atoms with Gasteiger partial charge in [-0.1, -0.05) is 192 Å². The number of aliphatic hydroxyl groups excluding tert-OH is 8. The molecule has 2 aliphatic rings. The van der Waals surface area contributed by atoms with Crippen molar-refractivity contribution in [3.05, 3.63) is 36.5 Å². The zero-order valence-corrected chi connectivity index (χ0v) is 41.6. The molecule has 0 bridgehead atoms. The van der Waals surface area contributed by atoms with Crippen LogP contribution in [0.15, 0.2) is 36.5 Å². The number of hydrogen-bond acceptors (Lipinski definition) is 13. The molecule has 2 aliphatic heterocycles. The van der Waals surface area contributed by atoms with E-state index in [1.807, 2.05) is 6.08 Å². The molecule has 12 atom stereocenters. The molecule has 14 heteroatoms. The van der Waals surface area contributed by atoms with Gasteiger partial charge in [-0.05, 0) is 38.5 Å². The molecule has 12 unspecified atom stereocenters. The van der Waals surface area contributed by atoms with Crippen molar-refractivity contribution in [2.45, 2.75) is 274 Å². The SMILES string of the molecule is CCCC/C=C/CC/C=C/CC/C=C/C(O)C(COC1OC(CO)C(OC2OC(CO)C(O)C(O)C2O)C(O)C1O)NC(=O)CCCCCCCCCCCCCCCCCCCCCCC. The predicted octanol–water partition coefficient (Wildman–Crippen LogP) is 7.49. The maximum Gasteiger partial charge on any atom is 0.220 e. The molecule has 2 rings (SSSR count). The van der Waals surface area contributed by atoms with Crippen LogP contribution in [-0.4, -0.2) is 140 Å². The number of rotatable bonds is 41. The van der Waals surface area contributed by atoms with Crippen LogP contribution >= 0.6 is 0 Å². The van der Waals surface area contributed by atoms with Crippen molar-refractivity contribution in [2.24, 2.45) is 0 Å². The lowest BCUT2D eigenvalue weighted by Gasteiger charge is -2.46. The second-order valence-corrected chi connectivity index (χ2v) is 19.0. The summed E-state index contributed by atoms with van der Waals surface area (Å²) in [6.07, 6.45) is 29.1. The first kappa shape index (κ1) is 61.3. The zero-order valence-electron chi connectivity index (χ0n) is 41.6. The molecule has 2 heterocycles. The molecule has 1 amide bonds. The molecule has 2 saturated heterocycles. The summed E-state index contributed by atoms with van der Waals surface area (Å²) < 4.78 is 22.7. The third kappa shape index (κ3) is 26.8. The van der Waals surface area contributed by atoms with Crippen LogP contribution in [0.25, 0.3) is 0 Å². The van der Waals surface area contributed by atoms with Crippen molar-refractivity contribution >= 4 is 5.91 Å². The number of carbonyl (C=O) groups excluding carboxylic acids is 1. The van der Waals surface area contributed by atoms with Gasteiger partial charge >= 0.3 is 0 Å². The molecular formula is C53H97NO13. The van der Waals surface area contributed by atoms with Crippen LogP contribution in [0, 0.1) is 0 Å². The van der Waals surface area contributed by atoms with Gasteiger partial charge in [0.2, 0.25) is 5.91 Å². The molecule has 9 N–H and O–H groups in total. The van der Waals surface area contributed by atoms with E-state index in [4.69, 9.17) is 18.9 Å². The summed E-state index contributed by atoms with van der Waals surface area (Å²) in [5.41, 5.74) is 0. The Labute approximate surface area is 404 Å². The molecule has 0 saturated carbocycles. The number of amides is 1. The Kier molecular flexibility index (Phi) is 36.5. The summed E-state index contributed by atoms with van der Waals surface area (Å²) in [6.45, 7) is 2.72. The minimum Gasteiger partial charge on any atom is -0.394 e. The van der Waals surface area contributed by atoms with Gasteiger partial charge in [0, 0.05) is 6.42 Å². The van der Waals surface area contributed by atoms with Crippen molar-refractivity contribution in [3.8, 4) is 0 Å². The number of nitrogens with one attached hydrogen (secondary N) is 1. The highest BCUT2D eigenvalue weighted by Gasteiger charge is 2.51. The first-order valence-corrected chi connectivity index (χ1v) is 26.7. The zero-order chi connectivity index (χ0) is 48.9. The summed E-state index contributed by atoms with van der Waals surface area (Å²) in [5.74, 6) is -0.253. The first-order chi connectivity index (χ1) is 32.6. The maximum atomic E-state index is 13.2. The molecular weight excluding hydrogens is 859 g/mol. The predicted molar refractivity (Wildman–Crippen MR) is 263 cm³/mol. The number of hydrogen-bond donors (Lipinski definition) is 9. The normalized spacial score (nSPS) is 26.8. The van der Waals surface area contributed by atoms with Crippen LogP contribution in [0.5, 0.6) is 0 Å². The highest BCUT2D eigenvalue weighted by molar-refractivity contribution is 5.76. The van der Waals surface area contributed by atoms with Crippen molar-refractivity contribution in [3.63, 3.8) is 0 Å². The molecule has 0 spiro atoms. The van der Waals surface area contributed by atoms with Crippen LogP contribution in [0.3, 0.4) is 0 Å². The van der Waals surface area contributed by atoms with Gasteiger partial charge < -0.3 is 65.1 Å². The molecule has 2 fully saturated rings. The van der Waals surface area contributed by atoms with Crippen molar-refractivity contribution in [2.75, 3.05) is 19.8 Å². The van der Waals surface area contributed by atoms with Gasteiger partial charge in [-0.3, -0.25) is 4.79 Å². The van der Waals surface area contributed by atoms with E-state index in [-0.39, 0.29) is 18.9 Å². The molecule has 0 aromatic heterocycles. The monoisotopic (exact) mass is 956 g/mol. The number of aliphatic hydroxyl groups is 8. The number of unbranched alkanes of at least 4 members (excludes halogenated alkanes) is 24. The van der Waals surface area contributed by atoms with E-state index in [0.29, 0.717) is 12.8 Å². The van der Waals surface area contributed by atoms with Crippen molar-refractivity contribution < 1.29 is 64.6 Å². The van der Waals surface area contributed by atoms with Gasteiger partial charge in [-0.25, -0.2) is 0 Å². The van der Waals surface area contributed by atoms with Gasteiger partial charge in [-0.15, -0.1) is 0 Å². The third-order valence-electron chi connectivity index (χ3n) is 13.1. The van der Waals surface area contributed by atoms with E-state index < -0.39 is 86.8 Å². The van der Waals surface area contributed by atoms with Gasteiger partial charge in [0.15, 0.2) is 12.6 Å². The summed E-state index contributed by atoms with van der Waals surface area (Å²) in [6, 6.07) is -0.933. The third-order valence-corrected chi connectivity index (χ3v) is 13.1. The smallest absolute Gasteiger partial charge is 0.220 e. The molecule has 0 aliphatic carbocycles. The van der Waals surface area contributed by atoms with Crippen LogP contribution in [0.1, 0.15) is 200 Å². The van der Waals surface area contributed by atoms with Crippen LogP contribution < -0.4 is 5.32 Å². The standard InChI is InChI=1S/C53H97NO13/c1-3-5-7-9-11-13-15-17-18-19-20-21-22-23-24-25-27-29-31-33-35-37-45(58)54-41(42(57)36-34-32-30-28-26-16-14-12-10-8-6-4-2)40-64-52-50(63)48(61)51(44(39-56)66-52)67-53-49(62)47(60)46(59)43(38-55)65-53/h10,12,26,28,34,36,41-44,46-53,55-57,59-63H,3-9,11,13-25,27,29-33,35,37-40H2,1-2H3,(H,54,58)/b12-10+,28-26+,36-34+. The first-order valence-electron chi connectivity index (χ1n) is 26.7. The van der Waals surface area contributed by atoms with Gasteiger partial charge in [-0.2, -0.15) is 0 Å². The molecule has 0 aromatic carbocycles. The lowest BCUT2D eigenvalue weighted by Crippen LogP contribution is -2.65. The summed E-state index contributed by atoms with van der Waals surface area (Å²) in [5, 5.41) is 86.7. The topological polar surface area (TPSA) is 228 Å². The van der Waals surface area contributed by atoms with Crippen LogP contribution in [0.4, 0.5) is 0 Å². The Morgan fingerprint density at radius 2 is 0.955 bits per heavy atom. The minimum atomic E-state index is -1.79. The fraction of sp³-hybridized carbons (Fsp3) is 0.868. The second-order valence-electron chi connectivity index (χ2n) is 19.0. The Morgan fingerprint density at radius 1 is 0.522 bits per heavy atom. The number of allylic oxidation sites excluding steroid dienone is 5. The Balaban J connectivity index is 1.79. The van der Waals surface area contributed by atoms with Gasteiger partial charge in [0.1, 0.15) is 48.8 Å². The van der Waals surface area contributed by atoms with Gasteiger partial charge in [0.05, 0.1) is 32.0 Å². The summed E-state index contributed by atoms with van der Waals surface area (Å²) >= 11 is 0. The Bertz CT molecular complexity index is 1270. The van der Waals surface area contributed by atoms with E-state index >= 15 is 0 Å². The van der Waals surface area contributed by atoms with Crippen molar-refractivity contribution in [1.82, 2.24) is 5.32 Å². The lowest BCUT2D eigenvalue weighted by molar-refractivity contribution is -0.359. The fourth-order valence-electron chi connectivity index (χ4n) is 8.66. The largest absolute Gasteiger partial charge is 0.394 e. The number of ether oxygens (including phenoxy) is 4. The quantitative estimate of drug-likeness (QED) is 0.0214. The lowest BCUT2D eigenvalue weighted by atomic mass is 9.97. The van der Waals surface area contributed by atoms with E-state index in [0.717, 1.165) is 44.9 Å². The summed E-state index contributed by atoms with van der Waals surface area (Å²) in [4.78, 5) is 13.2. The highest BCUT2D eigenvalue weighted by atomic mass is 16.7. The Morgan fingerprint density at radius 3 is 1.45 bits per heavy atom. The minimum absolute atomic E-state index is 0.253. The van der Waals surface area contributed by atoms with Crippen LogP contribution in [-0.2, 0) is 23.7 Å². The molecule has 67 heavy (non-hydrogen) atoms. The molecule has 14 nitrogen and oxygen atoms in total. The molecule has 0 radical (unpaired) electrons. The molecule has 0 aromatic rings. The Hall–Kier alpha value is -1.79. The van der Waals surface area contributed by atoms with Crippen molar-refractivity contribution in [1.29, 1.82) is 0 Å². The van der Waals surface area contributed by atoms with Crippen LogP contribution in [0.2, 0.25) is 0 Å². The second kappa shape index (κ2) is 39.9. The average Bonchev–Trinajstić information content (AvgIpc) is 3.32. The van der Waals surface area contributed by atoms with Gasteiger partial charge in [0.25, 0.3) is 0 Å². The van der Waals surface area contributed by atoms with E-state index in [1.165, 1.54) is 122 Å². The fourth-order valence-corrected chi connectivity index (χ4v) is 8.66. The average molecular weight is 956 g/mol.